The molecule has 44 heavy (non-hydrogen) atoms. The van der Waals surface area contributed by atoms with Crippen LogP contribution >= 0.6 is 0 Å². The molecule has 0 saturated heterocycles. The molecule has 0 heterocycles. The number of hydrogen-bond acceptors (Lipinski definition) is 7. The summed E-state index contributed by atoms with van der Waals surface area (Å²) in [6.07, 6.45) is -8.89. The second kappa shape index (κ2) is 16.1. The number of hydrogen-bond donors (Lipinski definition) is 2. The van der Waals surface area contributed by atoms with E-state index in [1.54, 1.807) is 0 Å². The Hall–Kier alpha value is -0.380. The minimum absolute atomic E-state index is 0. The fourth-order valence-corrected chi connectivity index (χ4v) is 3.16. The molecule has 0 rings (SSSR count). The van der Waals surface area contributed by atoms with Crippen LogP contribution in [0.1, 0.15) is 26.2 Å². The SMILES string of the molecule is CCCNS(=O)(=O)C(F)(F)C(F)(F)C(F)(F)C(F)(F)C(F)(F)C(F)(F)C(F)(F)C(F)(F)F.N[C@@H](CCC(=O)[O-])C(=O)[O-].[Na+].[Na+]. The van der Waals surface area contributed by atoms with Crippen molar-refractivity contribution in [2.45, 2.75) is 79.2 Å². The van der Waals surface area contributed by atoms with Gasteiger partial charge in [0.25, 0.3) is 10.0 Å². The number of nitrogens with two attached hydrogens (primary N) is 1. The standard InChI is InChI=1S/C11H8F17NO2S.C5H9NO4.2Na/c1-2-3-29-32(30,31)11(27,28)9(22,23)7(18,19)5(14,15)4(12,13)6(16,17)8(20,21)10(24,25)26;6-3(5(9)10)1-2-4(7)8;;/h29H,2-3H2,1H3;3H,1-2,6H2,(H,7,8)(H,9,10);;/q;;2*+1/p-2/t;3-;;/m.0../s1. The van der Waals surface area contributed by atoms with Crippen molar-refractivity contribution in [3.8, 4) is 0 Å². The van der Waals surface area contributed by atoms with E-state index in [0.717, 1.165) is 6.92 Å². The molecule has 0 aliphatic carbocycles. The van der Waals surface area contributed by atoms with Crippen LogP contribution in [0.4, 0.5) is 74.6 Å². The molecular weight excluding hydrogens is 717 g/mol. The Morgan fingerprint density at radius 2 is 1.00 bits per heavy atom. The van der Waals surface area contributed by atoms with Crippen molar-refractivity contribution in [3.63, 3.8) is 0 Å². The van der Waals surface area contributed by atoms with Crippen LogP contribution in [0.2, 0.25) is 0 Å². The third-order valence-electron chi connectivity index (χ3n) is 4.54. The van der Waals surface area contributed by atoms with Gasteiger partial charge < -0.3 is 25.5 Å². The quantitative estimate of drug-likeness (QED) is 0.136. The largest absolute Gasteiger partial charge is 1.00 e. The summed E-state index contributed by atoms with van der Waals surface area (Å²) < 4.78 is 243. The fraction of sp³-hybridized carbons (Fsp3) is 0.875. The molecule has 0 saturated carbocycles. The van der Waals surface area contributed by atoms with Crippen LogP contribution in [0.5, 0.6) is 0 Å². The number of rotatable bonds is 14. The van der Waals surface area contributed by atoms with Crippen molar-refractivity contribution in [2.24, 2.45) is 5.73 Å². The monoisotopic (exact) mass is 732 g/mol. The zero-order valence-electron chi connectivity index (χ0n) is 21.8. The summed E-state index contributed by atoms with van der Waals surface area (Å²) in [6.45, 7) is -0.312. The third-order valence-corrected chi connectivity index (χ3v) is 6.05. The summed E-state index contributed by atoms with van der Waals surface area (Å²) in [5, 5.41) is 12.1. The predicted octanol–water partition coefficient (Wildman–Crippen LogP) is -4.12. The molecule has 0 amide bonds. The number of carboxylic acids is 2. The Morgan fingerprint density at radius 3 is 1.27 bits per heavy atom. The second-order valence-corrected chi connectivity index (χ2v) is 9.50. The van der Waals surface area contributed by atoms with E-state index in [1.165, 1.54) is 0 Å². The first-order valence-electron chi connectivity index (χ1n) is 9.97. The van der Waals surface area contributed by atoms with Crippen LogP contribution in [0.15, 0.2) is 0 Å². The summed E-state index contributed by atoms with van der Waals surface area (Å²) >= 11 is 0. The molecule has 0 aromatic carbocycles. The van der Waals surface area contributed by atoms with Crippen molar-refractivity contribution in [1.29, 1.82) is 0 Å². The molecule has 0 radical (unpaired) electrons. The number of alkyl halides is 17. The molecule has 0 bridgehead atoms. The molecule has 0 aliphatic heterocycles. The second-order valence-electron chi connectivity index (χ2n) is 7.69. The van der Waals surface area contributed by atoms with Gasteiger partial charge in [0.15, 0.2) is 0 Å². The topological polar surface area (TPSA) is 152 Å². The molecule has 8 nitrogen and oxygen atoms in total. The summed E-state index contributed by atoms with van der Waals surface area (Å²) in [7, 11) is -7.16. The Morgan fingerprint density at radius 1 is 0.682 bits per heavy atom. The van der Waals surface area contributed by atoms with Gasteiger partial charge in [-0.1, -0.05) is 6.92 Å². The fourth-order valence-electron chi connectivity index (χ4n) is 2.04. The third kappa shape index (κ3) is 9.37. The first-order chi connectivity index (χ1) is 18.1. The molecule has 0 aromatic heterocycles. The van der Waals surface area contributed by atoms with Crippen molar-refractivity contribution >= 4 is 22.0 Å². The maximum atomic E-state index is 13.5. The Balaban J connectivity index is -0.000000570. The number of carboxylic acid groups (broad SMARTS) is 2. The molecule has 1 atom stereocenters. The van der Waals surface area contributed by atoms with Gasteiger partial charge in [-0.25, -0.2) is 13.1 Å². The van der Waals surface area contributed by atoms with Crippen LogP contribution in [0.25, 0.3) is 0 Å². The van der Waals surface area contributed by atoms with Gasteiger partial charge in [-0.2, -0.15) is 74.6 Å². The maximum absolute atomic E-state index is 13.5. The molecule has 0 aliphatic rings. The van der Waals surface area contributed by atoms with E-state index in [2.05, 4.69) is 0 Å². The van der Waals surface area contributed by atoms with E-state index in [-0.39, 0.29) is 72.0 Å². The average molecular weight is 732 g/mol. The van der Waals surface area contributed by atoms with Crippen LogP contribution in [-0.4, -0.2) is 79.9 Å². The Labute approximate surface area is 278 Å². The minimum atomic E-state index is -8.81. The van der Waals surface area contributed by atoms with Gasteiger partial charge >= 0.3 is 106 Å². The average Bonchev–Trinajstić information content (AvgIpc) is 2.79. The number of aliphatic carboxylic acids is 2. The Bertz CT molecular complexity index is 1070. The zero-order chi connectivity index (χ0) is 34.8. The molecule has 28 heteroatoms. The van der Waals surface area contributed by atoms with Crippen molar-refractivity contribution in [1.82, 2.24) is 4.72 Å². The first kappa shape index (κ1) is 50.5. The van der Waals surface area contributed by atoms with Crippen molar-refractivity contribution in [3.05, 3.63) is 0 Å². The molecule has 0 spiro atoms. The van der Waals surface area contributed by atoms with E-state index in [1.807, 2.05) is 0 Å². The summed E-state index contributed by atoms with van der Waals surface area (Å²) in [5.74, 6) is -54.2. The van der Waals surface area contributed by atoms with Gasteiger partial charge in [-0.05, 0) is 19.3 Å². The van der Waals surface area contributed by atoms with Crippen LogP contribution in [0, 0.1) is 0 Å². The smallest absolute Gasteiger partial charge is 0.550 e. The summed E-state index contributed by atoms with van der Waals surface area (Å²) in [5.41, 5.74) is 4.91. The predicted molar refractivity (Wildman–Crippen MR) is 95.1 cm³/mol. The molecular formula is C16H15F17N2Na2O6S. The van der Waals surface area contributed by atoms with Crippen molar-refractivity contribution < 1.29 is 162 Å². The summed E-state index contributed by atoms with van der Waals surface area (Å²) in [4.78, 5) is 19.6. The van der Waals surface area contributed by atoms with Gasteiger partial charge in [-0.3, -0.25) is 0 Å². The molecule has 0 aromatic rings. The van der Waals surface area contributed by atoms with E-state index in [4.69, 9.17) is 5.73 Å². The van der Waals surface area contributed by atoms with Crippen LogP contribution in [0.3, 0.4) is 0 Å². The number of carbonyl (C=O) groups is 2. The maximum Gasteiger partial charge on any atom is 1.00 e. The van der Waals surface area contributed by atoms with Gasteiger partial charge in [0.2, 0.25) is 0 Å². The van der Waals surface area contributed by atoms with Crippen LogP contribution < -0.4 is 79.8 Å². The molecule has 0 fully saturated rings. The Kier molecular flexibility index (Phi) is 18.5. The van der Waals surface area contributed by atoms with E-state index >= 15 is 0 Å². The minimum Gasteiger partial charge on any atom is -0.550 e. The number of halogens is 17. The zero-order valence-corrected chi connectivity index (χ0v) is 26.6. The number of sulfonamides is 1. The van der Waals surface area contributed by atoms with E-state index in [9.17, 15) is 103 Å². The molecule has 252 valence electrons. The van der Waals surface area contributed by atoms with Gasteiger partial charge in [0, 0.05) is 18.6 Å². The van der Waals surface area contributed by atoms with E-state index in [0.29, 0.717) is 4.72 Å². The van der Waals surface area contributed by atoms with Crippen LogP contribution in [-0.2, 0) is 19.6 Å². The van der Waals surface area contributed by atoms with E-state index < -0.39 is 87.9 Å². The molecule has 3 N–H and O–H groups in total. The number of carbonyl (C=O) groups excluding carboxylic acids is 2. The van der Waals surface area contributed by atoms with Gasteiger partial charge in [0.05, 0.1) is 5.97 Å². The summed E-state index contributed by atoms with van der Waals surface area (Å²) in [6, 6.07) is -1.21. The van der Waals surface area contributed by atoms with Crippen molar-refractivity contribution in [2.75, 3.05) is 6.54 Å². The van der Waals surface area contributed by atoms with Gasteiger partial charge in [0.1, 0.15) is 0 Å². The first-order valence-corrected chi connectivity index (χ1v) is 11.4. The normalized spacial score (nSPS) is 14.8. The van der Waals surface area contributed by atoms with Gasteiger partial charge in [-0.15, -0.1) is 0 Å². The number of nitrogens with one attached hydrogen (secondary N) is 1. The molecule has 0 unspecified atom stereocenters.